The SMILES string of the molecule is Cc1nc2ccc(-c3ccncc3)nc2n1-c1ccc(N2CCN(C)CC2)c(F)c1. The van der Waals surface area contributed by atoms with Crippen LogP contribution in [0, 0.1) is 12.7 Å². The van der Waals surface area contributed by atoms with Crippen LogP contribution in [0.3, 0.4) is 0 Å². The van der Waals surface area contributed by atoms with Crippen LogP contribution in [0.1, 0.15) is 5.82 Å². The van der Waals surface area contributed by atoms with Crippen LogP contribution in [0.4, 0.5) is 10.1 Å². The molecule has 7 heteroatoms. The van der Waals surface area contributed by atoms with Crippen molar-refractivity contribution in [3.8, 4) is 16.9 Å². The number of anilines is 1. The lowest BCUT2D eigenvalue weighted by Crippen LogP contribution is -2.44. The standard InChI is InChI=1S/C23H23FN6/c1-16-26-21-5-4-20(17-7-9-25-10-8-17)27-23(21)30(16)18-3-6-22(19(24)15-18)29-13-11-28(2)12-14-29/h3-10,15H,11-14H2,1-2H3. The lowest BCUT2D eigenvalue weighted by atomic mass is 10.2. The maximum Gasteiger partial charge on any atom is 0.165 e. The van der Waals surface area contributed by atoms with Gasteiger partial charge in [-0.05, 0) is 50.4 Å². The van der Waals surface area contributed by atoms with Crippen molar-refractivity contribution in [2.45, 2.75) is 6.92 Å². The zero-order valence-electron chi connectivity index (χ0n) is 17.1. The minimum absolute atomic E-state index is 0.219. The summed E-state index contributed by atoms with van der Waals surface area (Å²) in [6.45, 7) is 5.45. The Balaban J connectivity index is 1.55. The number of likely N-dealkylation sites (N-methyl/N-ethyl adjacent to an activating group) is 1. The first-order chi connectivity index (χ1) is 14.6. The number of benzene rings is 1. The molecule has 0 aliphatic carbocycles. The zero-order valence-corrected chi connectivity index (χ0v) is 17.1. The van der Waals surface area contributed by atoms with Crippen LogP contribution < -0.4 is 4.90 Å². The minimum atomic E-state index is -0.219. The Hall–Kier alpha value is -3.32. The van der Waals surface area contributed by atoms with Crippen molar-refractivity contribution in [3.63, 3.8) is 0 Å². The number of aryl methyl sites for hydroxylation is 1. The van der Waals surface area contributed by atoms with E-state index in [0.717, 1.165) is 54.5 Å². The Labute approximate surface area is 174 Å². The second kappa shape index (κ2) is 7.50. The molecule has 0 atom stereocenters. The highest BCUT2D eigenvalue weighted by atomic mass is 19.1. The van der Waals surface area contributed by atoms with Crippen molar-refractivity contribution < 1.29 is 4.39 Å². The van der Waals surface area contributed by atoms with Gasteiger partial charge < -0.3 is 9.80 Å². The fraction of sp³-hybridized carbons (Fsp3) is 0.261. The van der Waals surface area contributed by atoms with Crippen LogP contribution >= 0.6 is 0 Å². The van der Waals surface area contributed by atoms with Gasteiger partial charge in [0.1, 0.15) is 17.2 Å². The smallest absolute Gasteiger partial charge is 0.165 e. The molecule has 4 aromatic rings. The van der Waals surface area contributed by atoms with Crippen LogP contribution in [0.15, 0.2) is 54.9 Å². The van der Waals surface area contributed by atoms with Gasteiger partial charge in [-0.3, -0.25) is 9.55 Å². The number of fused-ring (bicyclic) bond motifs is 1. The zero-order chi connectivity index (χ0) is 20.7. The lowest BCUT2D eigenvalue weighted by Gasteiger charge is -2.34. The van der Waals surface area contributed by atoms with Gasteiger partial charge in [0.15, 0.2) is 5.65 Å². The summed E-state index contributed by atoms with van der Waals surface area (Å²) in [6, 6.07) is 13.2. The summed E-state index contributed by atoms with van der Waals surface area (Å²) in [6.07, 6.45) is 3.49. The van der Waals surface area contributed by atoms with E-state index in [9.17, 15) is 0 Å². The van der Waals surface area contributed by atoms with Crippen molar-refractivity contribution >= 4 is 16.9 Å². The molecule has 0 unspecified atom stereocenters. The predicted molar refractivity (Wildman–Crippen MR) is 117 cm³/mol. The number of nitrogens with zero attached hydrogens (tertiary/aromatic N) is 6. The van der Waals surface area contributed by atoms with Gasteiger partial charge in [-0.25, -0.2) is 14.4 Å². The van der Waals surface area contributed by atoms with Crippen molar-refractivity contribution in [1.29, 1.82) is 0 Å². The highest BCUT2D eigenvalue weighted by Gasteiger charge is 2.19. The molecule has 0 saturated carbocycles. The Bertz CT molecular complexity index is 1200. The number of imidazole rings is 1. The van der Waals surface area contributed by atoms with E-state index in [4.69, 9.17) is 4.98 Å². The first-order valence-electron chi connectivity index (χ1n) is 10.1. The largest absolute Gasteiger partial charge is 0.367 e. The number of halogens is 1. The minimum Gasteiger partial charge on any atom is -0.367 e. The fourth-order valence-electron chi connectivity index (χ4n) is 4.00. The summed E-state index contributed by atoms with van der Waals surface area (Å²) in [5, 5.41) is 0. The number of rotatable bonds is 3. The first-order valence-corrected chi connectivity index (χ1v) is 10.1. The summed E-state index contributed by atoms with van der Waals surface area (Å²) < 4.78 is 17.0. The quantitative estimate of drug-likeness (QED) is 0.523. The summed E-state index contributed by atoms with van der Waals surface area (Å²) in [5.41, 5.74) is 4.70. The van der Waals surface area contributed by atoms with E-state index in [2.05, 4.69) is 26.8 Å². The van der Waals surface area contributed by atoms with Crippen LogP contribution in [0.2, 0.25) is 0 Å². The molecule has 1 aliphatic heterocycles. The van der Waals surface area contributed by atoms with Gasteiger partial charge in [-0.15, -0.1) is 0 Å². The Morgan fingerprint density at radius 2 is 1.67 bits per heavy atom. The third kappa shape index (κ3) is 3.31. The molecule has 0 bridgehead atoms. The Morgan fingerprint density at radius 3 is 2.40 bits per heavy atom. The molecule has 0 radical (unpaired) electrons. The van der Waals surface area contributed by atoms with Crippen molar-refractivity contribution in [1.82, 2.24) is 24.4 Å². The van der Waals surface area contributed by atoms with E-state index in [1.807, 2.05) is 47.9 Å². The van der Waals surface area contributed by atoms with Crippen molar-refractivity contribution in [3.05, 3.63) is 66.5 Å². The average Bonchev–Trinajstić information content (AvgIpc) is 3.10. The molecule has 3 aromatic heterocycles. The molecule has 0 spiro atoms. The molecular weight excluding hydrogens is 379 g/mol. The van der Waals surface area contributed by atoms with Gasteiger partial charge in [0.25, 0.3) is 0 Å². The molecule has 6 nitrogen and oxygen atoms in total. The van der Waals surface area contributed by atoms with Gasteiger partial charge in [0, 0.05) is 50.2 Å². The van der Waals surface area contributed by atoms with Crippen LogP contribution in [-0.2, 0) is 0 Å². The van der Waals surface area contributed by atoms with E-state index in [0.29, 0.717) is 11.3 Å². The maximum absolute atomic E-state index is 15.1. The average molecular weight is 402 g/mol. The molecule has 152 valence electrons. The number of aromatic nitrogens is 4. The number of piperazine rings is 1. The fourth-order valence-corrected chi connectivity index (χ4v) is 4.00. The Morgan fingerprint density at radius 1 is 0.900 bits per heavy atom. The van der Waals surface area contributed by atoms with E-state index in [1.54, 1.807) is 18.5 Å². The van der Waals surface area contributed by atoms with Crippen LogP contribution in [-0.4, -0.2) is 57.6 Å². The third-order valence-corrected chi connectivity index (χ3v) is 5.68. The topological polar surface area (TPSA) is 50.1 Å². The van der Waals surface area contributed by atoms with Gasteiger partial charge in [-0.1, -0.05) is 0 Å². The maximum atomic E-state index is 15.1. The van der Waals surface area contributed by atoms with Crippen LogP contribution in [0.5, 0.6) is 0 Å². The molecule has 0 amide bonds. The summed E-state index contributed by atoms with van der Waals surface area (Å²) >= 11 is 0. The van der Waals surface area contributed by atoms with E-state index >= 15 is 4.39 Å². The molecule has 30 heavy (non-hydrogen) atoms. The van der Waals surface area contributed by atoms with E-state index in [-0.39, 0.29) is 5.82 Å². The monoisotopic (exact) mass is 402 g/mol. The molecule has 1 aliphatic rings. The highest BCUT2D eigenvalue weighted by molar-refractivity contribution is 5.78. The summed E-state index contributed by atoms with van der Waals surface area (Å²) in [4.78, 5) is 17.9. The molecule has 1 aromatic carbocycles. The second-order valence-electron chi connectivity index (χ2n) is 7.70. The molecule has 0 N–H and O–H groups in total. The van der Waals surface area contributed by atoms with E-state index in [1.165, 1.54) is 0 Å². The number of hydrogen-bond donors (Lipinski definition) is 0. The lowest BCUT2D eigenvalue weighted by molar-refractivity contribution is 0.311. The van der Waals surface area contributed by atoms with Crippen molar-refractivity contribution in [2.24, 2.45) is 0 Å². The van der Waals surface area contributed by atoms with E-state index < -0.39 is 0 Å². The van der Waals surface area contributed by atoms with Crippen molar-refractivity contribution in [2.75, 3.05) is 38.1 Å². The van der Waals surface area contributed by atoms with Gasteiger partial charge >= 0.3 is 0 Å². The first kappa shape index (κ1) is 18.7. The van der Waals surface area contributed by atoms with Crippen LogP contribution in [0.25, 0.3) is 28.1 Å². The number of pyridine rings is 2. The highest BCUT2D eigenvalue weighted by Crippen LogP contribution is 2.27. The Kier molecular flexibility index (Phi) is 4.67. The molecule has 4 heterocycles. The summed E-state index contributed by atoms with van der Waals surface area (Å²) in [7, 11) is 2.09. The molecule has 1 fully saturated rings. The molecular formula is C23H23FN6. The number of hydrogen-bond acceptors (Lipinski definition) is 5. The molecule has 1 saturated heterocycles. The van der Waals surface area contributed by atoms with Gasteiger partial charge in [-0.2, -0.15) is 0 Å². The summed E-state index contributed by atoms with van der Waals surface area (Å²) in [5.74, 6) is 0.555. The van der Waals surface area contributed by atoms with Gasteiger partial charge in [0.05, 0.1) is 17.1 Å². The predicted octanol–water partition coefficient (Wildman–Crippen LogP) is 3.68. The second-order valence-corrected chi connectivity index (χ2v) is 7.70. The van der Waals surface area contributed by atoms with Gasteiger partial charge in [0.2, 0.25) is 0 Å². The normalized spacial score (nSPS) is 15.1. The third-order valence-electron chi connectivity index (χ3n) is 5.68. The molecule has 5 rings (SSSR count).